The fraction of sp³-hybridized carbons (Fsp3) is 0.400. The molecule has 1 aromatic rings. The molecule has 108 valence electrons. The molecule has 0 fully saturated rings. The lowest BCUT2D eigenvalue weighted by molar-refractivity contribution is 0.151. The zero-order valence-electron chi connectivity index (χ0n) is 11.6. The lowest BCUT2D eigenvalue weighted by Crippen LogP contribution is -2.45. The van der Waals surface area contributed by atoms with Crippen LogP contribution in [-0.2, 0) is 6.54 Å². The molecule has 2 rings (SSSR count). The van der Waals surface area contributed by atoms with Crippen molar-refractivity contribution >= 4 is 6.03 Å². The SMILES string of the molecule is CCCCOc1ccc(CN2C=CC(O)NC2=O)cc1. The number of aliphatic hydroxyl groups is 1. The van der Waals surface area contributed by atoms with E-state index in [1.54, 1.807) is 6.20 Å². The molecule has 20 heavy (non-hydrogen) atoms. The first-order chi connectivity index (χ1) is 9.69. The monoisotopic (exact) mass is 276 g/mol. The van der Waals surface area contributed by atoms with Crippen LogP contribution in [0.5, 0.6) is 5.75 Å². The second-order valence-corrected chi connectivity index (χ2v) is 4.71. The third-order valence-electron chi connectivity index (χ3n) is 3.02. The highest BCUT2D eigenvalue weighted by Gasteiger charge is 2.18. The summed E-state index contributed by atoms with van der Waals surface area (Å²) in [5.74, 6) is 0.844. The molecule has 0 aliphatic carbocycles. The van der Waals surface area contributed by atoms with Crippen molar-refractivity contribution in [1.82, 2.24) is 10.2 Å². The van der Waals surface area contributed by atoms with E-state index in [1.807, 2.05) is 24.3 Å². The van der Waals surface area contributed by atoms with Crippen LogP contribution in [0.25, 0.3) is 0 Å². The largest absolute Gasteiger partial charge is 0.494 e. The summed E-state index contributed by atoms with van der Waals surface area (Å²) in [6, 6.07) is 7.39. The van der Waals surface area contributed by atoms with Crippen molar-refractivity contribution in [2.45, 2.75) is 32.5 Å². The van der Waals surface area contributed by atoms with Crippen molar-refractivity contribution in [3.63, 3.8) is 0 Å². The Morgan fingerprint density at radius 3 is 2.75 bits per heavy atom. The molecule has 0 saturated carbocycles. The quantitative estimate of drug-likeness (QED) is 0.783. The summed E-state index contributed by atoms with van der Waals surface area (Å²) in [4.78, 5) is 13.1. The normalized spacial score (nSPS) is 18.0. The summed E-state index contributed by atoms with van der Waals surface area (Å²) >= 11 is 0. The van der Waals surface area contributed by atoms with Crippen LogP contribution in [0.15, 0.2) is 36.5 Å². The number of unbranched alkanes of at least 4 members (excludes halogenated alkanes) is 1. The van der Waals surface area contributed by atoms with Crippen molar-refractivity contribution in [3.8, 4) is 5.75 Å². The van der Waals surface area contributed by atoms with Gasteiger partial charge in [-0.2, -0.15) is 0 Å². The molecule has 0 saturated heterocycles. The molecule has 1 heterocycles. The molecule has 1 unspecified atom stereocenters. The van der Waals surface area contributed by atoms with Gasteiger partial charge in [-0.15, -0.1) is 0 Å². The van der Waals surface area contributed by atoms with Crippen LogP contribution in [-0.4, -0.2) is 28.9 Å². The third-order valence-corrected chi connectivity index (χ3v) is 3.02. The van der Waals surface area contributed by atoms with Gasteiger partial charge in [-0.25, -0.2) is 4.79 Å². The standard InChI is InChI=1S/C15H20N2O3/c1-2-3-10-20-13-6-4-12(5-7-13)11-17-9-8-14(18)16-15(17)19/h4-9,14,18H,2-3,10-11H2,1H3,(H,16,19). The van der Waals surface area contributed by atoms with E-state index in [0.29, 0.717) is 6.54 Å². The lowest BCUT2D eigenvalue weighted by Gasteiger charge is -2.25. The van der Waals surface area contributed by atoms with Crippen molar-refractivity contribution in [2.75, 3.05) is 6.61 Å². The Morgan fingerprint density at radius 2 is 2.10 bits per heavy atom. The van der Waals surface area contributed by atoms with E-state index < -0.39 is 6.23 Å². The van der Waals surface area contributed by atoms with Gasteiger partial charge in [0.2, 0.25) is 0 Å². The Kier molecular flexibility index (Phi) is 5.01. The summed E-state index contributed by atoms with van der Waals surface area (Å²) in [7, 11) is 0. The number of rotatable bonds is 6. The van der Waals surface area contributed by atoms with E-state index in [0.717, 1.165) is 30.8 Å². The van der Waals surface area contributed by atoms with Gasteiger partial charge in [0.25, 0.3) is 0 Å². The Bertz CT molecular complexity index is 471. The summed E-state index contributed by atoms with van der Waals surface area (Å²) in [6.45, 7) is 3.32. The number of carbonyl (C=O) groups is 1. The maximum absolute atomic E-state index is 11.6. The first-order valence-corrected chi connectivity index (χ1v) is 6.84. The van der Waals surface area contributed by atoms with E-state index in [4.69, 9.17) is 4.74 Å². The van der Waals surface area contributed by atoms with Crippen molar-refractivity contribution < 1.29 is 14.6 Å². The van der Waals surface area contributed by atoms with Crippen molar-refractivity contribution in [1.29, 1.82) is 0 Å². The smallest absolute Gasteiger partial charge is 0.323 e. The topological polar surface area (TPSA) is 61.8 Å². The Balaban J connectivity index is 1.90. The van der Waals surface area contributed by atoms with Gasteiger partial charge in [0.1, 0.15) is 12.0 Å². The van der Waals surface area contributed by atoms with Gasteiger partial charge in [-0.1, -0.05) is 25.5 Å². The minimum absolute atomic E-state index is 0.303. The number of amides is 2. The predicted octanol–water partition coefficient (Wildman–Crippen LogP) is 2.22. The summed E-state index contributed by atoms with van der Waals surface area (Å²) in [5, 5.41) is 11.7. The first-order valence-electron chi connectivity index (χ1n) is 6.84. The summed E-state index contributed by atoms with van der Waals surface area (Å²) in [5.41, 5.74) is 1.00. The maximum atomic E-state index is 11.6. The molecule has 2 amide bonds. The molecule has 0 aromatic heterocycles. The van der Waals surface area contributed by atoms with Crippen LogP contribution in [0.4, 0.5) is 4.79 Å². The maximum Gasteiger partial charge on any atom is 0.323 e. The van der Waals surface area contributed by atoms with Crippen molar-refractivity contribution in [3.05, 3.63) is 42.1 Å². The van der Waals surface area contributed by atoms with Crippen LogP contribution in [0.3, 0.4) is 0 Å². The zero-order chi connectivity index (χ0) is 14.4. The average molecular weight is 276 g/mol. The van der Waals surface area contributed by atoms with Crippen LogP contribution in [0.2, 0.25) is 0 Å². The van der Waals surface area contributed by atoms with Gasteiger partial charge >= 0.3 is 6.03 Å². The van der Waals surface area contributed by atoms with Crippen LogP contribution in [0, 0.1) is 0 Å². The summed E-state index contributed by atoms with van der Waals surface area (Å²) < 4.78 is 5.59. The van der Waals surface area contributed by atoms with Gasteiger partial charge in [0.15, 0.2) is 0 Å². The number of ether oxygens (including phenoxy) is 1. The number of aliphatic hydroxyl groups excluding tert-OH is 1. The average Bonchev–Trinajstić information content (AvgIpc) is 2.44. The highest BCUT2D eigenvalue weighted by molar-refractivity contribution is 5.76. The van der Waals surface area contributed by atoms with Crippen LogP contribution in [0.1, 0.15) is 25.3 Å². The number of nitrogens with zero attached hydrogens (tertiary/aromatic N) is 1. The van der Waals surface area contributed by atoms with Gasteiger partial charge in [-0.05, 0) is 30.2 Å². The Hall–Kier alpha value is -2.01. The third kappa shape index (κ3) is 3.99. The lowest BCUT2D eigenvalue weighted by atomic mass is 10.2. The molecular formula is C15H20N2O3. The zero-order valence-corrected chi connectivity index (χ0v) is 11.6. The fourth-order valence-corrected chi connectivity index (χ4v) is 1.86. The van der Waals surface area contributed by atoms with Gasteiger partial charge in [-0.3, -0.25) is 4.90 Å². The predicted molar refractivity (Wildman–Crippen MR) is 76.1 cm³/mol. The molecule has 1 atom stereocenters. The fourth-order valence-electron chi connectivity index (χ4n) is 1.86. The molecule has 1 aliphatic rings. The van der Waals surface area contributed by atoms with E-state index in [-0.39, 0.29) is 6.03 Å². The number of benzene rings is 1. The highest BCUT2D eigenvalue weighted by Crippen LogP contribution is 2.15. The van der Waals surface area contributed by atoms with Gasteiger partial charge in [0, 0.05) is 6.20 Å². The minimum atomic E-state index is -0.895. The Morgan fingerprint density at radius 1 is 1.35 bits per heavy atom. The molecule has 0 bridgehead atoms. The van der Waals surface area contributed by atoms with E-state index >= 15 is 0 Å². The van der Waals surface area contributed by atoms with Crippen LogP contribution < -0.4 is 10.1 Å². The van der Waals surface area contributed by atoms with Crippen molar-refractivity contribution in [2.24, 2.45) is 0 Å². The van der Waals surface area contributed by atoms with Gasteiger partial charge in [0.05, 0.1) is 13.2 Å². The molecule has 5 nitrogen and oxygen atoms in total. The second-order valence-electron chi connectivity index (χ2n) is 4.71. The molecule has 1 aromatic carbocycles. The molecule has 2 N–H and O–H groups in total. The first kappa shape index (κ1) is 14.4. The molecule has 0 spiro atoms. The van der Waals surface area contributed by atoms with Gasteiger partial charge < -0.3 is 15.2 Å². The van der Waals surface area contributed by atoms with E-state index in [9.17, 15) is 9.90 Å². The number of hydrogen-bond acceptors (Lipinski definition) is 3. The molecule has 1 aliphatic heterocycles. The molecular weight excluding hydrogens is 256 g/mol. The van der Waals surface area contributed by atoms with Crippen LogP contribution >= 0.6 is 0 Å². The number of hydrogen-bond donors (Lipinski definition) is 2. The molecule has 0 radical (unpaired) electrons. The van der Waals surface area contributed by atoms with E-state index in [2.05, 4.69) is 12.2 Å². The van der Waals surface area contributed by atoms with E-state index in [1.165, 1.54) is 11.0 Å². The minimum Gasteiger partial charge on any atom is -0.494 e. The number of urea groups is 1. The summed E-state index contributed by atoms with van der Waals surface area (Å²) in [6.07, 6.45) is 4.38. The molecule has 5 heteroatoms. The number of nitrogens with one attached hydrogen (secondary N) is 1. The number of carbonyl (C=O) groups excluding carboxylic acids is 1. The second kappa shape index (κ2) is 6.96. The Labute approximate surface area is 118 Å². The highest BCUT2D eigenvalue weighted by atomic mass is 16.5.